The molecule has 0 aromatic carbocycles. The molecule has 0 heterocycles. The number of amides is 1. The van der Waals surface area contributed by atoms with E-state index in [1.54, 1.807) is 0 Å². The summed E-state index contributed by atoms with van der Waals surface area (Å²) in [7, 11) is 0. The van der Waals surface area contributed by atoms with Gasteiger partial charge in [0.05, 0.1) is 0 Å². The van der Waals surface area contributed by atoms with E-state index >= 15 is 0 Å². The van der Waals surface area contributed by atoms with E-state index in [0.29, 0.717) is 12.3 Å². The summed E-state index contributed by atoms with van der Waals surface area (Å²) in [5.74, 6) is 0.516. The van der Waals surface area contributed by atoms with Crippen LogP contribution in [0, 0.1) is 5.92 Å². The van der Waals surface area contributed by atoms with Crippen LogP contribution in [0.15, 0.2) is 0 Å². The monoisotopic (exact) mass is 200 g/mol. The van der Waals surface area contributed by atoms with Gasteiger partial charge in [-0.1, -0.05) is 19.3 Å². The van der Waals surface area contributed by atoms with Crippen LogP contribution in [0.3, 0.4) is 0 Å². The summed E-state index contributed by atoms with van der Waals surface area (Å²) in [6.45, 7) is 0. The van der Waals surface area contributed by atoms with E-state index in [1.165, 1.54) is 32.1 Å². The van der Waals surface area contributed by atoms with Crippen molar-refractivity contribution in [2.24, 2.45) is 11.7 Å². The fourth-order valence-corrected chi connectivity index (χ4v) is 1.96. The number of carbonyl (C=O) groups excluding carboxylic acids is 1. The molecular weight excluding hydrogens is 184 g/mol. The Morgan fingerprint density at radius 1 is 1.38 bits per heavy atom. The first-order chi connectivity index (χ1) is 6.18. The lowest BCUT2D eigenvalue weighted by atomic mass is 9.87. The van der Waals surface area contributed by atoms with Gasteiger partial charge in [-0.05, 0) is 31.0 Å². The highest BCUT2D eigenvalue weighted by Gasteiger charge is 2.16. The predicted molar refractivity (Wildman–Crippen MR) is 56.1 cm³/mol. The molecule has 0 saturated heterocycles. The Hall–Kier alpha value is -0.640. The Morgan fingerprint density at radius 2 is 2.00 bits per heavy atom. The molecule has 1 aliphatic rings. The Labute approximate surface area is 84.1 Å². The van der Waals surface area contributed by atoms with Crippen LogP contribution in [0.1, 0.15) is 38.5 Å². The minimum atomic E-state index is -0.0283. The molecule has 0 radical (unpaired) electrons. The fourth-order valence-electron chi connectivity index (χ4n) is 1.84. The van der Waals surface area contributed by atoms with E-state index in [4.69, 9.17) is 5.73 Å². The van der Waals surface area contributed by atoms with Crippen molar-refractivity contribution in [2.45, 2.75) is 38.5 Å². The van der Waals surface area contributed by atoms with Gasteiger partial charge in [-0.3, -0.25) is 4.79 Å². The summed E-state index contributed by atoms with van der Waals surface area (Å²) in [5.41, 5.74) is 5.20. The van der Waals surface area contributed by atoms with Crippen LogP contribution in [0.25, 0.3) is 0 Å². The zero-order chi connectivity index (χ0) is 9.68. The number of hydrogen-bond acceptors (Lipinski definition) is 2. The summed E-state index contributed by atoms with van der Waals surface area (Å²) >= 11 is 4.59. The summed E-state index contributed by atoms with van der Waals surface area (Å²) in [6, 6.07) is 0. The highest BCUT2D eigenvalue weighted by molar-refractivity contribution is 7.80. The maximum absolute atomic E-state index is 11.2. The van der Waals surface area contributed by atoms with E-state index in [9.17, 15) is 4.79 Å². The van der Waals surface area contributed by atoms with E-state index in [-0.39, 0.29) is 11.0 Å². The number of hydrogen-bond donors (Lipinski definition) is 2. The summed E-state index contributed by atoms with van der Waals surface area (Å²) in [4.78, 5) is 11.2. The Balaban J connectivity index is 2.22. The van der Waals surface area contributed by atoms with Crippen LogP contribution in [-0.4, -0.2) is 11.0 Å². The van der Waals surface area contributed by atoms with Gasteiger partial charge in [0, 0.05) is 6.42 Å². The van der Waals surface area contributed by atoms with Gasteiger partial charge in [-0.25, -0.2) is 0 Å². The smallest absolute Gasteiger partial charge is 0.226 e. The van der Waals surface area contributed by atoms with Gasteiger partial charge in [-0.15, -0.1) is 0 Å². The van der Waals surface area contributed by atoms with E-state index < -0.39 is 0 Å². The van der Waals surface area contributed by atoms with Crippen LogP contribution in [0.2, 0.25) is 0 Å². The van der Waals surface area contributed by atoms with Crippen LogP contribution < -0.4 is 11.1 Å². The van der Waals surface area contributed by atoms with Crippen LogP contribution in [0.5, 0.6) is 0 Å². The van der Waals surface area contributed by atoms with Crippen molar-refractivity contribution in [1.82, 2.24) is 5.32 Å². The first-order valence-corrected chi connectivity index (χ1v) is 5.18. The molecule has 1 amide bonds. The average Bonchev–Trinajstić information content (AvgIpc) is 2.04. The zero-order valence-corrected chi connectivity index (χ0v) is 8.53. The second-order valence-electron chi connectivity index (χ2n) is 3.62. The van der Waals surface area contributed by atoms with Gasteiger partial charge >= 0.3 is 0 Å². The van der Waals surface area contributed by atoms with Gasteiger partial charge in [-0.2, -0.15) is 0 Å². The number of thiocarbonyl (C=S) groups is 1. The summed E-state index contributed by atoms with van der Waals surface area (Å²) < 4.78 is 0. The van der Waals surface area contributed by atoms with Gasteiger partial charge in [0.25, 0.3) is 0 Å². The molecule has 1 saturated carbocycles. The van der Waals surface area contributed by atoms with Crippen molar-refractivity contribution in [3.05, 3.63) is 0 Å². The second kappa shape index (κ2) is 5.17. The lowest BCUT2D eigenvalue weighted by Gasteiger charge is -2.20. The largest absolute Gasteiger partial charge is 0.376 e. The van der Waals surface area contributed by atoms with Crippen LogP contribution in [0.4, 0.5) is 0 Å². The number of carbonyl (C=O) groups is 1. The Morgan fingerprint density at radius 3 is 2.54 bits per heavy atom. The summed E-state index contributed by atoms with van der Waals surface area (Å²) in [6.07, 6.45) is 6.75. The predicted octanol–water partition coefficient (Wildman–Crippen LogP) is 1.32. The van der Waals surface area contributed by atoms with Crippen molar-refractivity contribution < 1.29 is 4.79 Å². The maximum atomic E-state index is 11.2. The Kier molecular flexibility index (Phi) is 4.15. The maximum Gasteiger partial charge on any atom is 0.226 e. The molecule has 1 rings (SSSR count). The highest BCUT2D eigenvalue weighted by atomic mass is 32.1. The molecule has 0 spiro atoms. The number of nitrogens with one attached hydrogen (secondary N) is 1. The molecule has 3 nitrogen and oxygen atoms in total. The topological polar surface area (TPSA) is 55.1 Å². The molecule has 0 atom stereocenters. The van der Waals surface area contributed by atoms with Crippen LogP contribution >= 0.6 is 12.2 Å². The van der Waals surface area contributed by atoms with E-state index in [1.807, 2.05) is 0 Å². The fraction of sp³-hybridized carbons (Fsp3) is 0.778. The van der Waals surface area contributed by atoms with Gasteiger partial charge in [0.2, 0.25) is 5.91 Å². The third kappa shape index (κ3) is 4.22. The lowest BCUT2D eigenvalue weighted by Crippen LogP contribution is -2.35. The van der Waals surface area contributed by atoms with Crippen molar-refractivity contribution in [3.8, 4) is 0 Å². The van der Waals surface area contributed by atoms with Crippen molar-refractivity contribution >= 4 is 23.2 Å². The van der Waals surface area contributed by atoms with Crippen molar-refractivity contribution in [2.75, 3.05) is 0 Å². The van der Waals surface area contributed by atoms with E-state index in [0.717, 1.165) is 0 Å². The molecule has 0 aliphatic heterocycles. The van der Waals surface area contributed by atoms with Crippen molar-refractivity contribution in [3.63, 3.8) is 0 Å². The first-order valence-electron chi connectivity index (χ1n) is 4.78. The second-order valence-corrected chi connectivity index (χ2v) is 4.06. The number of rotatable bonds is 2. The number of nitrogens with two attached hydrogens (primary N) is 1. The summed E-state index contributed by atoms with van der Waals surface area (Å²) in [5, 5.41) is 2.54. The average molecular weight is 200 g/mol. The van der Waals surface area contributed by atoms with Gasteiger partial charge in [0.1, 0.15) is 0 Å². The van der Waals surface area contributed by atoms with E-state index in [2.05, 4.69) is 17.5 Å². The molecule has 4 heteroatoms. The molecule has 13 heavy (non-hydrogen) atoms. The molecule has 74 valence electrons. The Bertz CT molecular complexity index is 200. The highest BCUT2D eigenvalue weighted by Crippen LogP contribution is 2.25. The van der Waals surface area contributed by atoms with Crippen molar-refractivity contribution in [1.29, 1.82) is 0 Å². The first kappa shape index (κ1) is 10.4. The molecule has 0 bridgehead atoms. The molecule has 0 aromatic rings. The standard InChI is InChI=1S/C9H16N2OS/c10-9(13)11-8(12)6-7-4-2-1-3-5-7/h7H,1-6H2,(H3,10,11,12,13). The molecule has 0 aromatic heterocycles. The normalized spacial score (nSPS) is 18.2. The molecular formula is C9H16N2OS. The SMILES string of the molecule is NC(=S)NC(=O)CC1CCCCC1. The molecule has 3 N–H and O–H groups in total. The zero-order valence-electron chi connectivity index (χ0n) is 7.71. The van der Waals surface area contributed by atoms with Gasteiger partial charge < -0.3 is 11.1 Å². The minimum Gasteiger partial charge on any atom is -0.376 e. The third-order valence-electron chi connectivity index (χ3n) is 2.46. The minimum absolute atomic E-state index is 0.0283. The van der Waals surface area contributed by atoms with Crippen LogP contribution in [-0.2, 0) is 4.79 Å². The lowest BCUT2D eigenvalue weighted by molar-refractivity contribution is -0.120. The molecule has 0 unspecified atom stereocenters. The molecule has 1 fully saturated rings. The quantitative estimate of drug-likeness (QED) is 0.661. The third-order valence-corrected chi connectivity index (χ3v) is 2.56. The van der Waals surface area contributed by atoms with Gasteiger partial charge in [0.15, 0.2) is 5.11 Å². The molecule has 1 aliphatic carbocycles.